The molecule has 0 bridgehead atoms. The summed E-state index contributed by atoms with van der Waals surface area (Å²) >= 11 is 1.70. The van der Waals surface area contributed by atoms with Crippen LogP contribution < -0.4 is 20.1 Å². The zero-order chi connectivity index (χ0) is 21.9. The summed E-state index contributed by atoms with van der Waals surface area (Å²) in [5.41, 5.74) is 3.36. The van der Waals surface area contributed by atoms with Crippen LogP contribution in [0, 0.1) is 0 Å². The molecule has 0 aliphatic carbocycles. The van der Waals surface area contributed by atoms with E-state index in [0.29, 0.717) is 0 Å². The highest BCUT2D eigenvalue weighted by Crippen LogP contribution is 2.32. The molecule has 0 unspecified atom stereocenters. The molecule has 3 aromatic carbocycles. The molecule has 0 atom stereocenters. The number of nitrogens with one attached hydrogen (secondary N) is 2. The van der Waals surface area contributed by atoms with Crippen molar-refractivity contribution < 1.29 is 14.6 Å². The summed E-state index contributed by atoms with van der Waals surface area (Å²) in [6.07, 6.45) is 0. The molecule has 3 rings (SSSR count). The smallest absolute Gasteiger partial charge is 0.161 e. The van der Waals surface area contributed by atoms with Crippen molar-refractivity contribution in [2.45, 2.75) is 29.5 Å². The molecular weight excluding hydrogens is 408 g/mol. The Morgan fingerprint density at radius 2 is 1.35 bits per heavy atom. The fraction of sp³-hybridized carbons (Fsp3) is 0.280. The van der Waals surface area contributed by atoms with Gasteiger partial charge >= 0.3 is 0 Å². The minimum Gasteiger partial charge on any atom is -0.493 e. The van der Waals surface area contributed by atoms with Crippen LogP contribution in [0.25, 0.3) is 0 Å². The first-order valence-corrected chi connectivity index (χ1v) is 11.1. The lowest BCUT2D eigenvalue weighted by Gasteiger charge is -2.13. The average Bonchev–Trinajstić information content (AvgIpc) is 2.82. The van der Waals surface area contributed by atoms with Gasteiger partial charge in [0, 0.05) is 36.0 Å². The number of rotatable bonds is 12. The number of benzene rings is 3. The van der Waals surface area contributed by atoms with E-state index in [2.05, 4.69) is 41.0 Å². The van der Waals surface area contributed by atoms with Crippen LogP contribution in [-0.4, -0.2) is 32.4 Å². The van der Waals surface area contributed by atoms with Gasteiger partial charge < -0.3 is 25.2 Å². The Morgan fingerprint density at radius 3 is 2.03 bits per heavy atom. The number of aliphatic hydroxyl groups excluding tert-OH is 1. The lowest BCUT2D eigenvalue weighted by Crippen LogP contribution is -2.26. The van der Waals surface area contributed by atoms with Crippen molar-refractivity contribution in [2.24, 2.45) is 0 Å². The summed E-state index contributed by atoms with van der Waals surface area (Å²) in [4.78, 5) is 2.29. The van der Waals surface area contributed by atoms with E-state index in [1.807, 2.05) is 36.4 Å². The molecule has 0 saturated carbocycles. The van der Waals surface area contributed by atoms with Crippen LogP contribution in [0.5, 0.6) is 11.5 Å². The summed E-state index contributed by atoms with van der Waals surface area (Å²) in [7, 11) is 3.29. The highest BCUT2D eigenvalue weighted by atomic mass is 32.2. The van der Waals surface area contributed by atoms with Crippen LogP contribution in [-0.2, 0) is 19.7 Å². The van der Waals surface area contributed by atoms with E-state index in [1.165, 1.54) is 10.5 Å². The molecule has 6 heteroatoms. The molecule has 0 aromatic heterocycles. The van der Waals surface area contributed by atoms with Crippen LogP contribution in [0.3, 0.4) is 0 Å². The van der Waals surface area contributed by atoms with Gasteiger partial charge in [0.05, 0.1) is 20.8 Å². The van der Waals surface area contributed by atoms with Gasteiger partial charge in [-0.2, -0.15) is 0 Å². The predicted octanol–water partition coefficient (Wildman–Crippen LogP) is 4.23. The molecule has 0 aliphatic rings. The van der Waals surface area contributed by atoms with Crippen LogP contribution in [0.1, 0.15) is 16.7 Å². The molecule has 3 N–H and O–H groups in total. The fourth-order valence-electron chi connectivity index (χ4n) is 3.23. The molecule has 5 nitrogen and oxygen atoms in total. The number of hydrogen-bond donors (Lipinski definition) is 3. The summed E-state index contributed by atoms with van der Waals surface area (Å²) in [6.45, 7) is 3.33. The van der Waals surface area contributed by atoms with Crippen LogP contribution in [0.2, 0.25) is 0 Å². The monoisotopic (exact) mass is 438 g/mol. The van der Waals surface area contributed by atoms with Gasteiger partial charge in [-0.3, -0.25) is 0 Å². The zero-order valence-corrected chi connectivity index (χ0v) is 18.9. The molecule has 3 aromatic rings. The standard InChI is InChI=1S/C25H30N2O3S/c1-29-22-12-11-19(15-23(22)30-2)16-26-13-14-27-17-20-7-3-5-9-24(20)31-25-10-6-4-8-21(25)18-28/h3-12,15,26-28H,13-14,16-18H2,1-2H3. The largest absolute Gasteiger partial charge is 0.493 e. The van der Waals surface area contributed by atoms with Crippen LogP contribution in [0.4, 0.5) is 0 Å². The second-order valence-corrected chi connectivity index (χ2v) is 8.10. The van der Waals surface area contributed by atoms with Crippen LogP contribution >= 0.6 is 11.8 Å². The molecule has 0 spiro atoms. The van der Waals surface area contributed by atoms with Crippen LogP contribution in [0.15, 0.2) is 76.5 Å². The summed E-state index contributed by atoms with van der Waals surface area (Å²) in [6, 6.07) is 22.3. The Bertz CT molecular complexity index is 965. The van der Waals surface area contributed by atoms with Crippen molar-refractivity contribution in [3.63, 3.8) is 0 Å². The third-order valence-corrected chi connectivity index (χ3v) is 6.14. The first kappa shape index (κ1) is 23.2. The molecule has 0 radical (unpaired) electrons. The van der Waals surface area contributed by atoms with Gasteiger partial charge in [-0.05, 0) is 41.0 Å². The van der Waals surface area contributed by atoms with E-state index in [1.54, 1.807) is 26.0 Å². The van der Waals surface area contributed by atoms with Crippen molar-refractivity contribution in [2.75, 3.05) is 27.3 Å². The summed E-state index contributed by atoms with van der Waals surface area (Å²) in [5.74, 6) is 1.49. The molecule has 0 amide bonds. The lowest BCUT2D eigenvalue weighted by molar-refractivity contribution is 0.279. The fourth-order valence-corrected chi connectivity index (χ4v) is 4.29. The Balaban J connectivity index is 1.46. The Morgan fingerprint density at radius 1 is 0.742 bits per heavy atom. The second kappa shape index (κ2) is 12.4. The maximum atomic E-state index is 9.58. The molecule has 0 fully saturated rings. The van der Waals surface area contributed by atoms with E-state index < -0.39 is 0 Å². The second-order valence-electron chi connectivity index (χ2n) is 7.02. The number of aliphatic hydroxyl groups is 1. The lowest BCUT2D eigenvalue weighted by atomic mass is 10.2. The summed E-state index contributed by atoms with van der Waals surface area (Å²) < 4.78 is 10.6. The highest BCUT2D eigenvalue weighted by molar-refractivity contribution is 7.99. The Hall–Kier alpha value is -2.51. The quantitative estimate of drug-likeness (QED) is 0.368. The maximum Gasteiger partial charge on any atom is 0.161 e. The van der Waals surface area contributed by atoms with E-state index in [9.17, 15) is 5.11 Å². The molecular formula is C25H30N2O3S. The van der Waals surface area contributed by atoms with Gasteiger partial charge in [0.2, 0.25) is 0 Å². The maximum absolute atomic E-state index is 9.58. The molecule has 0 heterocycles. The minimum absolute atomic E-state index is 0.0509. The van der Waals surface area contributed by atoms with Crippen molar-refractivity contribution in [1.82, 2.24) is 10.6 Å². The molecule has 0 saturated heterocycles. The van der Waals surface area contributed by atoms with Gasteiger partial charge in [0.25, 0.3) is 0 Å². The predicted molar refractivity (Wildman–Crippen MR) is 126 cm³/mol. The van der Waals surface area contributed by atoms with Crippen molar-refractivity contribution in [1.29, 1.82) is 0 Å². The molecule has 31 heavy (non-hydrogen) atoms. The van der Waals surface area contributed by atoms with Crippen molar-refractivity contribution in [3.05, 3.63) is 83.4 Å². The third-order valence-electron chi connectivity index (χ3n) is 4.91. The Kier molecular flexibility index (Phi) is 9.24. The van der Waals surface area contributed by atoms with Gasteiger partial charge in [0.1, 0.15) is 0 Å². The zero-order valence-electron chi connectivity index (χ0n) is 18.1. The topological polar surface area (TPSA) is 62.8 Å². The van der Waals surface area contributed by atoms with E-state index in [4.69, 9.17) is 9.47 Å². The van der Waals surface area contributed by atoms with Crippen molar-refractivity contribution >= 4 is 11.8 Å². The van der Waals surface area contributed by atoms with E-state index in [0.717, 1.165) is 53.7 Å². The minimum atomic E-state index is 0.0509. The first-order valence-electron chi connectivity index (χ1n) is 10.3. The van der Waals surface area contributed by atoms with Gasteiger partial charge in [-0.15, -0.1) is 0 Å². The molecule has 164 valence electrons. The van der Waals surface area contributed by atoms with Gasteiger partial charge in [-0.1, -0.05) is 54.2 Å². The van der Waals surface area contributed by atoms with E-state index >= 15 is 0 Å². The number of ether oxygens (including phenoxy) is 2. The van der Waals surface area contributed by atoms with E-state index in [-0.39, 0.29) is 6.61 Å². The third kappa shape index (κ3) is 6.74. The van der Waals surface area contributed by atoms with Gasteiger partial charge in [0.15, 0.2) is 11.5 Å². The average molecular weight is 439 g/mol. The first-order chi connectivity index (χ1) is 15.2. The van der Waals surface area contributed by atoms with Crippen molar-refractivity contribution in [3.8, 4) is 11.5 Å². The van der Waals surface area contributed by atoms with Gasteiger partial charge in [-0.25, -0.2) is 0 Å². The number of methoxy groups -OCH3 is 2. The Labute approximate surface area is 188 Å². The summed E-state index contributed by atoms with van der Waals surface area (Å²) in [5, 5.41) is 16.5. The SMILES string of the molecule is COc1ccc(CNCCNCc2ccccc2Sc2ccccc2CO)cc1OC. The molecule has 0 aliphatic heterocycles. The highest BCUT2D eigenvalue weighted by Gasteiger charge is 2.07. The number of hydrogen-bond acceptors (Lipinski definition) is 6. The normalized spacial score (nSPS) is 10.8.